The Labute approximate surface area is 208 Å². The number of nitrogens with one attached hydrogen (secondary N) is 1. The van der Waals surface area contributed by atoms with Crippen molar-refractivity contribution >= 4 is 40.3 Å². The highest BCUT2D eigenvalue weighted by Crippen LogP contribution is 2.23. The lowest BCUT2D eigenvalue weighted by atomic mass is 10.1. The van der Waals surface area contributed by atoms with Crippen LogP contribution in [0.1, 0.15) is 22.6 Å². The molecule has 0 aliphatic carbocycles. The maximum atomic E-state index is 13.3. The van der Waals surface area contributed by atoms with Gasteiger partial charge in [0, 0.05) is 48.1 Å². The topological polar surface area (TPSA) is 70.5 Å². The van der Waals surface area contributed by atoms with Crippen molar-refractivity contribution in [2.24, 2.45) is 0 Å². The lowest BCUT2D eigenvalue weighted by Gasteiger charge is -2.22. The molecule has 0 atom stereocenters. The Bertz CT molecular complexity index is 1370. The Kier molecular flexibility index (Phi) is 6.42. The number of rotatable bonds is 3. The first-order chi connectivity index (χ1) is 17.0. The zero-order valence-electron chi connectivity index (χ0n) is 19.4. The zero-order valence-corrected chi connectivity index (χ0v) is 20.2. The quantitative estimate of drug-likeness (QED) is 0.422. The molecule has 178 valence electrons. The third-order valence-electron chi connectivity index (χ3n) is 6.25. The van der Waals surface area contributed by atoms with E-state index in [-0.39, 0.29) is 11.9 Å². The first kappa shape index (κ1) is 22.9. The van der Waals surface area contributed by atoms with Crippen molar-refractivity contribution < 1.29 is 9.59 Å². The molecule has 1 N–H and O–H groups in total. The van der Waals surface area contributed by atoms with Gasteiger partial charge in [-0.25, -0.2) is 9.78 Å². The molecule has 0 spiro atoms. The van der Waals surface area contributed by atoms with Crippen molar-refractivity contribution in [3.8, 4) is 5.69 Å². The van der Waals surface area contributed by atoms with Crippen molar-refractivity contribution in [2.75, 3.05) is 31.5 Å². The smallest absolute Gasteiger partial charge is 0.321 e. The van der Waals surface area contributed by atoms with Gasteiger partial charge in [0.25, 0.3) is 5.91 Å². The van der Waals surface area contributed by atoms with E-state index in [4.69, 9.17) is 16.6 Å². The number of imidazole rings is 1. The van der Waals surface area contributed by atoms with Gasteiger partial charge in [-0.2, -0.15) is 0 Å². The molecule has 0 bridgehead atoms. The van der Waals surface area contributed by atoms with E-state index < -0.39 is 0 Å². The van der Waals surface area contributed by atoms with E-state index in [9.17, 15) is 9.59 Å². The van der Waals surface area contributed by atoms with Crippen LogP contribution in [0.15, 0.2) is 72.8 Å². The number of urea groups is 1. The molecule has 1 fully saturated rings. The van der Waals surface area contributed by atoms with E-state index in [1.807, 2.05) is 60.4 Å². The Morgan fingerprint density at radius 3 is 2.37 bits per heavy atom. The number of fused-ring (bicyclic) bond motifs is 1. The number of halogens is 1. The summed E-state index contributed by atoms with van der Waals surface area (Å²) < 4.78 is 2.09. The highest BCUT2D eigenvalue weighted by atomic mass is 35.5. The summed E-state index contributed by atoms with van der Waals surface area (Å²) in [7, 11) is 0. The monoisotopic (exact) mass is 487 g/mol. The molecule has 5 rings (SSSR count). The average Bonchev–Trinajstić information content (AvgIpc) is 3.03. The molecule has 4 aromatic rings. The molecule has 7 nitrogen and oxygen atoms in total. The maximum Gasteiger partial charge on any atom is 0.321 e. The fourth-order valence-corrected chi connectivity index (χ4v) is 4.60. The van der Waals surface area contributed by atoms with Gasteiger partial charge in [0.05, 0.1) is 11.0 Å². The average molecular weight is 488 g/mol. The summed E-state index contributed by atoms with van der Waals surface area (Å²) in [5.41, 5.74) is 4.09. The SMILES string of the molecule is Cc1nc2cc(C(=O)N3CCCN(C(=O)Nc4ccc(Cl)cc4)CC3)ccc2n1-c1ccccc1. The number of carbonyl (C=O) groups excluding carboxylic acids is 2. The number of hydrogen-bond acceptors (Lipinski definition) is 3. The Morgan fingerprint density at radius 2 is 1.60 bits per heavy atom. The van der Waals surface area contributed by atoms with Gasteiger partial charge in [0.1, 0.15) is 5.82 Å². The summed E-state index contributed by atoms with van der Waals surface area (Å²) in [5.74, 6) is 0.826. The zero-order chi connectivity index (χ0) is 24.4. The molecule has 8 heteroatoms. The highest BCUT2D eigenvalue weighted by molar-refractivity contribution is 6.30. The summed E-state index contributed by atoms with van der Waals surface area (Å²) in [4.78, 5) is 34.3. The van der Waals surface area contributed by atoms with Crippen LogP contribution in [0.2, 0.25) is 5.02 Å². The number of anilines is 1. The van der Waals surface area contributed by atoms with Gasteiger partial charge in [-0.3, -0.25) is 9.36 Å². The lowest BCUT2D eigenvalue weighted by molar-refractivity contribution is 0.0763. The molecule has 0 saturated carbocycles. The number of para-hydroxylation sites is 1. The minimum atomic E-state index is -0.176. The molecule has 1 aliphatic heterocycles. The van der Waals surface area contributed by atoms with Gasteiger partial charge in [0.15, 0.2) is 0 Å². The summed E-state index contributed by atoms with van der Waals surface area (Å²) in [5, 5.41) is 3.52. The number of hydrogen-bond donors (Lipinski definition) is 1. The molecule has 0 radical (unpaired) electrons. The number of amides is 3. The third kappa shape index (κ3) is 4.86. The maximum absolute atomic E-state index is 13.3. The van der Waals surface area contributed by atoms with Gasteiger partial charge in [0.2, 0.25) is 0 Å². The van der Waals surface area contributed by atoms with Crippen LogP contribution in [0.5, 0.6) is 0 Å². The van der Waals surface area contributed by atoms with E-state index in [0.29, 0.717) is 48.9 Å². The van der Waals surface area contributed by atoms with Gasteiger partial charge in [-0.15, -0.1) is 0 Å². The van der Waals surface area contributed by atoms with Crippen LogP contribution in [0.25, 0.3) is 16.7 Å². The number of aryl methyl sites for hydroxylation is 1. The largest absolute Gasteiger partial charge is 0.337 e. The molecule has 35 heavy (non-hydrogen) atoms. The van der Waals surface area contributed by atoms with Crippen LogP contribution >= 0.6 is 11.6 Å². The summed E-state index contributed by atoms with van der Waals surface area (Å²) >= 11 is 5.92. The highest BCUT2D eigenvalue weighted by Gasteiger charge is 2.23. The van der Waals surface area contributed by atoms with E-state index in [2.05, 4.69) is 9.88 Å². The predicted molar refractivity (Wildman–Crippen MR) is 138 cm³/mol. The van der Waals surface area contributed by atoms with Crippen LogP contribution in [0, 0.1) is 6.92 Å². The van der Waals surface area contributed by atoms with Crippen LogP contribution in [0.3, 0.4) is 0 Å². The van der Waals surface area contributed by atoms with Crippen molar-refractivity contribution in [1.29, 1.82) is 0 Å². The Hall–Kier alpha value is -3.84. The fourth-order valence-electron chi connectivity index (χ4n) is 4.48. The van der Waals surface area contributed by atoms with Gasteiger partial charge in [-0.1, -0.05) is 29.8 Å². The molecule has 1 aromatic heterocycles. The van der Waals surface area contributed by atoms with Crippen molar-refractivity contribution in [3.63, 3.8) is 0 Å². The van der Waals surface area contributed by atoms with Gasteiger partial charge in [-0.05, 0) is 67.9 Å². The molecule has 2 heterocycles. The van der Waals surface area contributed by atoms with E-state index in [1.54, 1.807) is 29.2 Å². The number of nitrogens with zero attached hydrogens (tertiary/aromatic N) is 4. The number of benzene rings is 3. The molecule has 3 amide bonds. The standard InChI is InChI=1S/C27H26ClN5O2/c1-19-29-24-18-20(8-13-25(24)33(19)23-6-3-2-4-7-23)26(34)31-14-5-15-32(17-16-31)27(35)30-22-11-9-21(28)10-12-22/h2-4,6-13,18H,5,14-17H2,1H3,(H,30,35). The molecule has 0 unspecified atom stereocenters. The Balaban J connectivity index is 1.28. The first-order valence-electron chi connectivity index (χ1n) is 11.6. The third-order valence-corrected chi connectivity index (χ3v) is 6.50. The molecule has 3 aromatic carbocycles. The van der Waals surface area contributed by atoms with Crippen molar-refractivity contribution in [3.05, 3.63) is 89.2 Å². The molecule has 1 aliphatic rings. The number of carbonyl (C=O) groups is 2. The minimum Gasteiger partial charge on any atom is -0.337 e. The van der Waals surface area contributed by atoms with Crippen molar-refractivity contribution in [2.45, 2.75) is 13.3 Å². The van der Waals surface area contributed by atoms with Crippen LogP contribution in [-0.2, 0) is 0 Å². The first-order valence-corrected chi connectivity index (χ1v) is 12.0. The van der Waals surface area contributed by atoms with E-state index in [0.717, 1.165) is 22.5 Å². The van der Waals surface area contributed by atoms with Crippen LogP contribution < -0.4 is 5.32 Å². The lowest BCUT2D eigenvalue weighted by Crippen LogP contribution is -2.39. The summed E-state index contributed by atoms with van der Waals surface area (Å²) in [6, 6.07) is 22.6. The summed E-state index contributed by atoms with van der Waals surface area (Å²) in [6.07, 6.45) is 0.712. The van der Waals surface area contributed by atoms with Crippen LogP contribution in [-0.4, -0.2) is 57.5 Å². The molecular formula is C27H26ClN5O2. The van der Waals surface area contributed by atoms with E-state index in [1.165, 1.54) is 0 Å². The van der Waals surface area contributed by atoms with Crippen molar-refractivity contribution in [1.82, 2.24) is 19.4 Å². The van der Waals surface area contributed by atoms with E-state index >= 15 is 0 Å². The fraction of sp³-hybridized carbons (Fsp3) is 0.222. The Morgan fingerprint density at radius 1 is 0.886 bits per heavy atom. The van der Waals surface area contributed by atoms with Gasteiger partial charge >= 0.3 is 6.03 Å². The minimum absolute atomic E-state index is 0.0428. The predicted octanol–water partition coefficient (Wildman–Crippen LogP) is 5.37. The molecular weight excluding hydrogens is 462 g/mol. The second kappa shape index (κ2) is 9.80. The number of aromatic nitrogens is 2. The van der Waals surface area contributed by atoms with Gasteiger partial charge < -0.3 is 15.1 Å². The molecule has 1 saturated heterocycles. The second-order valence-corrected chi connectivity index (χ2v) is 9.04. The normalized spacial score (nSPS) is 14.1. The second-order valence-electron chi connectivity index (χ2n) is 8.60. The van der Waals surface area contributed by atoms with Crippen LogP contribution in [0.4, 0.5) is 10.5 Å². The summed E-state index contributed by atoms with van der Waals surface area (Å²) in [6.45, 7) is 4.09.